The van der Waals surface area contributed by atoms with Crippen LogP contribution < -0.4 is 5.73 Å². The minimum atomic E-state index is 0.0637. The van der Waals surface area contributed by atoms with Crippen LogP contribution in [0.4, 0.5) is 5.69 Å². The number of nitrogens with two attached hydrogens (primary N) is 1. The lowest BCUT2D eigenvalue weighted by Gasteiger charge is -2.25. The van der Waals surface area contributed by atoms with Gasteiger partial charge in [0.25, 0.3) is 5.91 Å². The number of aryl methyl sites for hydroxylation is 1. The quantitative estimate of drug-likeness (QED) is 0.768. The Kier molecular flexibility index (Phi) is 6.73. The Hall–Kier alpha value is -1.51. The van der Waals surface area contributed by atoms with Gasteiger partial charge in [-0.25, -0.2) is 0 Å². The summed E-state index contributed by atoms with van der Waals surface area (Å²) in [6.07, 6.45) is 2.05. The van der Waals surface area contributed by atoms with Gasteiger partial charge in [0, 0.05) is 18.8 Å². The van der Waals surface area contributed by atoms with E-state index < -0.39 is 0 Å². The van der Waals surface area contributed by atoms with Gasteiger partial charge in [0.05, 0.1) is 5.56 Å². The van der Waals surface area contributed by atoms with Gasteiger partial charge in [-0.1, -0.05) is 33.8 Å². The highest BCUT2D eigenvalue weighted by atomic mass is 16.2. The summed E-state index contributed by atoms with van der Waals surface area (Å²) in [7, 11) is 0. The van der Waals surface area contributed by atoms with Crippen molar-refractivity contribution in [2.45, 2.75) is 47.5 Å². The third kappa shape index (κ3) is 5.78. The van der Waals surface area contributed by atoms with Crippen LogP contribution in [0.1, 0.15) is 56.5 Å². The van der Waals surface area contributed by atoms with Crippen LogP contribution in [-0.2, 0) is 0 Å². The maximum absolute atomic E-state index is 12.7. The molecule has 0 fully saturated rings. The Morgan fingerprint density at radius 2 is 1.62 bits per heavy atom. The molecule has 1 aromatic carbocycles. The van der Waals surface area contributed by atoms with Crippen molar-refractivity contribution in [2.24, 2.45) is 11.8 Å². The molecule has 0 spiro atoms. The number of nitrogens with zero attached hydrogens (tertiary/aromatic N) is 1. The number of carbonyl (C=O) groups excluding carboxylic acids is 1. The van der Waals surface area contributed by atoms with Crippen molar-refractivity contribution < 1.29 is 4.79 Å². The van der Waals surface area contributed by atoms with Gasteiger partial charge in [-0.3, -0.25) is 4.79 Å². The fourth-order valence-corrected chi connectivity index (χ4v) is 2.19. The molecule has 3 nitrogen and oxygen atoms in total. The molecule has 0 aliphatic carbocycles. The average Bonchev–Trinajstić information content (AvgIpc) is 2.37. The van der Waals surface area contributed by atoms with Gasteiger partial charge in [0.1, 0.15) is 0 Å². The Balaban J connectivity index is 2.86. The van der Waals surface area contributed by atoms with Crippen LogP contribution in [0.5, 0.6) is 0 Å². The van der Waals surface area contributed by atoms with Crippen molar-refractivity contribution in [3.05, 3.63) is 29.3 Å². The number of benzene rings is 1. The minimum Gasteiger partial charge on any atom is -0.398 e. The summed E-state index contributed by atoms with van der Waals surface area (Å²) in [6.45, 7) is 12.3. The number of hydrogen-bond donors (Lipinski definition) is 1. The van der Waals surface area contributed by atoms with Gasteiger partial charge in [-0.05, 0) is 49.3 Å². The van der Waals surface area contributed by atoms with Crippen molar-refractivity contribution in [3.63, 3.8) is 0 Å². The lowest BCUT2D eigenvalue weighted by Crippen LogP contribution is -2.34. The lowest BCUT2D eigenvalue weighted by atomic mass is 10.1. The highest BCUT2D eigenvalue weighted by Crippen LogP contribution is 2.18. The van der Waals surface area contributed by atoms with Gasteiger partial charge >= 0.3 is 0 Å². The summed E-state index contributed by atoms with van der Waals surface area (Å²) < 4.78 is 0. The smallest absolute Gasteiger partial charge is 0.255 e. The number of nitrogen functional groups attached to an aromatic ring is 1. The summed E-state index contributed by atoms with van der Waals surface area (Å²) >= 11 is 0. The van der Waals surface area contributed by atoms with Crippen molar-refractivity contribution in [1.29, 1.82) is 0 Å². The zero-order chi connectivity index (χ0) is 16.0. The molecule has 0 aliphatic rings. The fraction of sp³-hybridized carbons (Fsp3) is 0.611. The maximum atomic E-state index is 12.7. The molecular weight excluding hydrogens is 260 g/mol. The summed E-state index contributed by atoms with van der Waals surface area (Å²) in [6, 6.07) is 5.67. The van der Waals surface area contributed by atoms with E-state index >= 15 is 0 Å². The summed E-state index contributed by atoms with van der Waals surface area (Å²) in [4.78, 5) is 14.7. The molecule has 118 valence electrons. The normalized spacial score (nSPS) is 11.2. The largest absolute Gasteiger partial charge is 0.398 e. The third-order valence-corrected chi connectivity index (χ3v) is 3.68. The van der Waals surface area contributed by atoms with Crippen molar-refractivity contribution in [2.75, 3.05) is 18.8 Å². The fourth-order valence-electron chi connectivity index (χ4n) is 2.19. The van der Waals surface area contributed by atoms with Crippen molar-refractivity contribution >= 4 is 11.6 Å². The van der Waals surface area contributed by atoms with Gasteiger partial charge in [-0.15, -0.1) is 0 Å². The van der Waals surface area contributed by atoms with Crippen LogP contribution in [0.25, 0.3) is 0 Å². The van der Waals surface area contributed by atoms with E-state index in [1.807, 2.05) is 30.0 Å². The number of carbonyl (C=O) groups is 1. The molecule has 0 radical (unpaired) electrons. The molecule has 0 aliphatic heterocycles. The summed E-state index contributed by atoms with van der Waals surface area (Å²) in [5.41, 5.74) is 8.32. The molecule has 0 unspecified atom stereocenters. The average molecular weight is 290 g/mol. The minimum absolute atomic E-state index is 0.0637. The molecule has 0 aromatic heterocycles. The first-order valence-corrected chi connectivity index (χ1v) is 7.96. The molecule has 0 atom stereocenters. The monoisotopic (exact) mass is 290 g/mol. The highest BCUT2D eigenvalue weighted by molar-refractivity contribution is 5.99. The first kappa shape index (κ1) is 17.5. The van der Waals surface area contributed by atoms with Crippen molar-refractivity contribution in [1.82, 2.24) is 4.90 Å². The second-order valence-corrected chi connectivity index (χ2v) is 6.75. The second-order valence-electron chi connectivity index (χ2n) is 6.75. The Morgan fingerprint density at radius 1 is 1.10 bits per heavy atom. The SMILES string of the molecule is Cc1ccc(C(=O)N(CCC(C)C)CCC(C)C)c(N)c1. The van der Waals surface area contributed by atoms with Crippen molar-refractivity contribution in [3.8, 4) is 0 Å². The van der Waals surface area contributed by atoms with Crippen LogP contribution >= 0.6 is 0 Å². The molecule has 0 saturated carbocycles. The van der Waals surface area contributed by atoms with E-state index in [9.17, 15) is 4.79 Å². The van der Waals surface area contributed by atoms with Gasteiger partial charge in [-0.2, -0.15) is 0 Å². The molecule has 0 saturated heterocycles. The van der Waals surface area contributed by atoms with Crippen LogP contribution in [0.3, 0.4) is 0 Å². The van der Waals surface area contributed by atoms with E-state index in [1.54, 1.807) is 0 Å². The van der Waals surface area contributed by atoms with E-state index in [1.165, 1.54) is 0 Å². The number of amides is 1. The first-order chi connectivity index (χ1) is 9.81. The van der Waals surface area contributed by atoms with Gasteiger partial charge < -0.3 is 10.6 Å². The summed E-state index contributed by atoms with van der Waals surface area (Å²) in [5.74, 6) is 1.25. The molecule has 3 heteroatoms. The zero-order valence-electron chi connectivity index (χ0n) is 14.1. The number of rotatable bonds is 7. The Labute approximate surface area is 129 Å². The van der Waals surface area contributed by atoms with E-state index in [0.717, 1.165) is 31.5 Å². The molecule has 0 heterocycles. The lowest BCUT2D eigenvalue weighted by molar-refractivity contribution is 0.0742. The molecule has 21 heavy (non-hydrogen) atoms. The Morgan fingerprint density at radius 3 is 2.05 bits per heavy atom. The van der Waals surface area contributed by atoms with E-state index in [-0.39, 0.29) is 5.91 Å². The molecular formula is C18H30N2O. The predicted molar refractivity (Wildman–Crippen MR) is 90.4 cm³/mol. The first-order valence-electron chi connectivity index (χ1n) is 7.96. The van der Waals surface area contributed by atoms with Crippen LogP contribution in [0, 0.1) is 18.8 Å². The predicted octanol–water partition coefficient (Wildman–Crippen LogP) is 4.11. The van der Waals surface area contributed by atoms with E-state index in [2.05, 4.69) is 27.7 Å². The van der Waals surface area contributed by atoms with E-state index in [0.29, 0.717) is 23.1 Å². The van der Waals surface area contributed by atoms with Gasteiger partial charge in [0.2, 0.25) is 0 Å². The zero-order valence-corrected chi connectivity index (χ0v) is 14.1. The van der Waals surface area contributed by atoms with Gasteiger partial charge in [0.15, 0.2) is 0 Å². The second kappa shape index (κ2) is 8.06. The van der Waals surface area contributed by atoms with Crippen LogP contribution in [0.15, 0.2) is 18.2 Å². The molecule has 0 bridgehead atoms. The van der Waals surface area contributed by atoms with Crippen LogP contribution in [0.2, 0.25) is 0 Å². The number of anilines is 1. The summed E-state index contributed by atoms with van der Waals surface area (Å²) in [5, 5.41) is 0. The number of hydrogen-bond acceptors (Lipinski definition) is 2. The molecule has 1 amide bonds. The standard InChI is InChI=1S/C18H30N2O/c1-13(2)8-10-20(11-9-14(3)4)18(21)16-7-6-15(5)12-17(16)19/h6-7,12-14H,8-11,19H2,1-5H3. The highest BCUT2D eigenvalue weighted by Gasteiger charge is 2.18. The third-order valence-electron chi connectivity index (χ3n) is 3.68. The van der Waals surface area contributed by atoms with Crippen LogP contribution in [-0.4, -0.2) is 23.9 Å². The topological polar surface area (TPSA) is 46.3 Å². The van der Waals surface area contributed by atoms with E-state index in [4.69, 9.17) is 5.73 Å². The maximum Gasteiger partial charge on any atom is 0.255 e. The Bertz CT molecular complexity index is 454. The molecule has 1 aromatic rings. The molecule has 2 N–H and O–H groups in total. The molecule has 1 rings (SSSR count).